The van der Waals surface area contributed by atoms with Crippen LogP contribution in [0.5, 0.6) is 0 Å². The number of aromatic nitrogens is 2. The number of nitrogens with zero attached hydrogens (tertiary/aromatic N) is 2. The van der Waals surface area contributed by atoms with Crippen molar-refractivity contribution in [2.24, 2.45) is 5.14 Å². The monoisotopic (exact) mass is 452 g/mol. The summed E-state index contributed by atoms with van der Waals surface area (Å²) >= 11 is 7.31. The smallest absolute Gasteiger partial charge is 0.275 e. The first kappa shape index (κ1) is 21.2. The number of nitrogens with one attached hydrogen (secondary N) is 1. The van der Waals surface area contributed by atoms with E-state index in [1.54, 1.807) is 12.1 Å². The van der Waals surface area contributed by atoms with E-state index in [2.05, 4.69) is 15.3 Å². The minimum Gasteiger partial charge on any atom is -0.321 e. The number of sulfonamides is 1. The van der Waals surface area contributed by atoms with Crippen LogP contribution < -0.4 is 10.5 Å². The maximum atomic E-state index is 13.0. The Morgan fingerprint density at radius 3 is 2.41 bits per heavy atom. The second kappa shape index (κ2) is 8.87. The molecule has 3 rings (SSSR count). The zero-order chi connectivity index (χ0) is 21.0. The largest absolute Gasteiger partial charge is 0.321 e. The topological polar surface area (TPSA) is 115 Å². The van der Waals surface area contributed by atoms with Gasteiger partial charge in [-0.05, 0) is 42.0 Å². The third kappa shape index (κ3) is 5.73. The number of thioether (sulfide) groups is 1. The fraction of sp³-hybridized carbons (Fsp3) is 0.0556. The number of amides is 1. The van der Waals surface area contributed by atoms with Crippen molar-refractivity contribution in [2.75, 3.05) is 5.32 Å². The number of anilines is 1. The maximum Gasteiger partial charge on any atom is 0.275 e. The molecule has 3 N–H and O–H groups in total. The van der Waals surface area contributed by atoms with E-state index >= 15 is 0 Å². The van der Waals surface area contributed by atoms with Crippen molar-refractivity contribution in [2.45, 2.75) is 15.8 Å². The van der Waals surface area contributed by atoms with Gasteiger partial charge in [0, 0.05) is 11.4 Å². The highest BCUT2D eigenvalue weighted by Crippen LogP contribution is 2.23. The molecule has 11 heteroatoms. The van der Waals surface area contributed by atoms with Gasteiger partial charge in [0.15, 0.2) is 10.9 Å². The van der Waals surface area contributed by atoms with Gasteiger partial charge in [-0.15, -0.1) is 0 Å². The zero-order valence-corrected chi connectivity index (χ0v) is 17.1. The van der Waals surface area contributed by atoms with Crippen LogP contribution >= 0.6 is 23.4 Å². The first-order valence-corrected chi connectivity index (χ1v) is 11.0. The average Bonchev–Trinajstić information content (AvgIpc) is 2.68. The molecular formula is C18H14ClFN4O3S2. The molecule has 0 aliphatic rings. The lowest BCUT2D eigenvalue weighted by Crippen LogP contribution is -2.16. The predicted molar refractivity (Wildman–Crippen MR) is 109 cm³/mol. The van der Waals surface area contributed by atoms with Crippen LogP contribution in [0.1, 0.15) is 16.1 Å². The van der Waals surface area contributed by atoms with Crippen molar-refractivity contribution in [1.29, 1.82) is 0 Å². The van der Waals surface area contributed by atoms with E-state index in [4.69, 9.17) is 16.7 Å². The van der Waals surface area contributed by atoms with Crippen molar-refractivity contribution in [1.82, 2.24) is 9.97 Å². The summed E-state index contributed by atoms with van der Waals surface area (Å²) in [5.41, 5.74) is 1.19. The molecule has 0 spiro atoms. The Kier molecular flexibility index (Phi) is 6.48. The quantitative estimate of drug-likeness (QED) is 0.437. The van der Waals surface area contributed by atoms with Crippen molar-refractivity contribution < 1.29 is 17.6 Å². The van der Waals surface area contributed by atoms with Crippen LogP contribution in [-0.2, 0) is 15.8 Å². The maximum absolute atomic E-state index is 13.0. The number of halogens is 2. The van der Waals surface area contributed by atoms with Crippen LogP contribution in [0.25, 0.3) is 0 Å². The molecule has 7 nitrogen and oxygen atoms in total. The summed E-state index contributed by atoms with van der Waals surface area (Å²) < 4.78 is 35.5. The molecule has 0 aliphatic carbocycles. The Hall–Kier alpha value is -2.53. The SMILES string of the molecule is NS(=O)(=O)c1ccc(NC(=O)c2nc(SCc3ccc(F)cc3)ncc2Cl)cc1. The molecule has 0 atom stereocenters. The molecule has 29 heavy (non-hydrogen) atoms. The Labute approximate surface area is 175 Å². The van der Waals surface area contributed by atoms with Gasteiger partial charge < -0.3 is 5.32 Å². The van der Waals surface area contributed by atoms with Gasteiger partial charge in [0.2, 0.25) is 10.0 Å². The third-order valence-corrected chi connectivity index (χ3v) is 5.80. The fourth-order valence-corrected chi connectivity index (χ4v) is 3.69. The highest BCUT2D eigenvalue weighted by atomic mass is 35.5. The van der Waals surface area contributed by atoms with E-state index < -0.39 is 15.9 Å². The summed E-state index contributed by atoms with van der Waals surface area (Å²) in [7, 11) is -3.82. The van der Waals surface area contributed by atoms with Crippen LogP contribution in [0.3, 0.4) is 0 Å². The summed E-state index contributed by atoms with van der Waals surface area (Å²) in [5.74, 6) is -0.417. The van der Waals surface area contributed by atoms with Crippen LogP contribution in [0.4, 0.5) is 10.1 Å². The van der Waals surface area contributed by atoms with Crippen molar-refractivity contribution in [3.63, 3.8) is 0 Å². The number of nitrogens with two attached hydrogens (primary N) is 1. The number of rotatable bonds is 6. The van der Waals surface area contributed by atoms with Crippen LogP contribution in [0.15, 0.2) is 64.8 Å². The molecule has 0 radical (unpaired) electrons. The Morgan fingerprint density at radius 1 is 1.14 bits per heavy atom. The van der Waals surface area contributed by atoms with E-state index in [0.29, 0.717) is 16.6 Å². The second-order valence-corrected chi connectivity index (χ2v) is 8.70. The minimum absolute atomic E-state index is 0.0289. The molecule has 0 bridgehead atoms. The molecule has 0 saturated heterocycles. The van der Waals surface area contributed by atoms with Gasteiger partial charge >= 0.3 is 0 Å². The van der Waals surface area contributed by atoms with Crippen LogP contribution in [0, 0.1) is 5.82 Å². The number of carbonyl (C=O) groups is 1. The average molecular weight is 453 g/mol. The minimum atomic E-state index is -3.82. The molecular weight excluding hydrogens is 439 g/mol. The van der Waals surface area contributed by atoms with E-state index in [9.17, 15) is 17.6 Å². The summed E-state index contributed by atoms with van der Waals surface area (Å²) in [4.78, 5) is 20.7. The molecule has 0 unspecified atom stereocenters. The Morgan fingerprint density at radius 2 is 1.79 bits per heavy atom. The van der Waals surface area contributed by atoms with Gasteiger partial charge in [0.1, 0.15) is 5.82 Å². The van der Waals surface area contributed by atoms with Gasteiger partial charge in [-0.3, -0.25) is 4.79 Å². The van der Waals surface area contributed by atoms with Crippen LogP contribution in [-0.4, -0.2) is 24.3 Å². The van der Waals surface area contributed by atoms with Crippen molar-refractivity contribution in [3.8, 4) is 0 Å². The van der Waals surface area contributed by atoms with Crippen molar-refractivity contribution >= 4 is 45.0 Å². The van der Waals surface area contributed by atoms with E-state index in [0.717, 1.165) is 5.56 Å². The molecule has 1 aromatic heterocycles. The standard InChI is InChI=1S/C18H14ClFN4O3S2/c19-15-9-22-18(28-10-11-1-3-12(20)4-2-11)24-16(15)17(25)23-13-5-7-14(8-6-13)29(21,26)27/h1-9H,10H2,(H,23,25)(H2,21,26,27). The van der Waals surface area contributed by atoms with Crippen LogP contribution in [0.2, 0.25) is 5.02 Å². The van der Waals surface area contributed by atoms with Gasteiger partial charge in [-0.2, -0.15) is 0 Å². The van der Waals surface area contributed by atoms with Crippen molar-refractivity contribution in [3.05, 3.63) is 76.8 Å². The van der Waals surface area contributed by atoms with Gasteiger partial charge in [-0.25, -0.2) is 27.9 Å². The first-order valence-electron chi connectivity index (χ1n) is 8.06. The lowest BCUT2D eigenvalue weighted by molar-refractivity contribution is 0.102. The predicted octanol–water partition coefficient (Wildman–Crippen LogP) is 3.46. The van der Waals surface area contributed by atoms with Gasteiger partial charge in [0.25, 0.3) is 5.91 Å². The normalized spacial score (nSPS) is 11.3. The number of primary sulfonamides is 1. The number of carbonyl (C=O) groups excluding carboxylic acids is 1. The molecule has 3 aromatic rings. The fourth-order valence-electron chi connectivity index (χ4n) is 2.23. The van der Waals surface area contributed by atoms with Gasteiger partial charge in [0.05, 0.1) is 16.1 Å². The molecule has 150 valence electrons. The second-order valence-electron chi connectivity index (χ2n) is 5.79. The highest BCUT2D eigenvalue weighted by molar-refractivity contribution is 7.98. The molecule has 1 heterocycles. The van der Waals surface area contributed by atoms with E-state index in [1.165, 1.54) is 54.4 Å². The summed E-state index contributed by atoms with van der Waals surface area (Å²) in [6.07, 6.45) is 1.32. The third-order valence-electron chi connectivity index (χ3n) is 3.66. The Bertz CT molecular complexity index is 1140. The zero-order valence-electron chi connectivity index (χ0n) is 14.7. The Balaban J connectivity index is 1.71. The number of benzene rings is 2. The lowest BCUT2D eigenvalue weighted by atomic mass is 10.2. The number of hydrogen-bond acceptors (Lipinski definition) is 6. The van der Waals surface area contributed by atoms with Gasteiger partial charge in [-0.1, -0.05) is 35.5 Å². The summed E-state index contributed by atoms with van der Waals surface area (Å²) in [6.45, 7) is 0. The lowest BCUT2D eigenvalue weighted by Gasteiger charge is -2.08. The first-order chi connectivity index (χ1) is 13.7. The van der Waals surface area contributed by atoms with E-state index in [1.807, 2.05) is 0 Å². The number of hydrogen-bond donors (Lipinski definition) is 2. The molecule has 0 fully saturated rings. The molecule has 2 aromatic carbocycles. The summed E-state index contributed by atoms with van der Waals surface area (Å²) in [6, 6.07) is 11.4. The summed E-state index contributed by atoms with van der Waals surface area (Å²) in [5, 5.41) is 8.02. The van der Waals surface area contributed by atoms with E-state index in [-0.39, 0.29) is 21.4 Å². The highest BCUT2D eigenvalue weighted by Gasteiger charge is 2.15. The molecule has 0 aliphatic heterocycles. The molecule has 0 saturated carbocycles. The molecule has 1 amide bonds.